The molecule has 6 nitrogen and oxygen atoms in total. The second-order valence-corrected chi connectivity index (χ2v) is 7.84. The number of ether oxygens (including phenoxy) is 1. The minimum absolute atomic E-state index is 0.00156. The van der Waals surface area contributed by atoms with Crippen molar-refractivity contribution in [3.8, 4) is 5.75 Å². The summed E-state index contributed by atoms with van der Waals surface area (Å²) in [6.45, 7) is 5.83. The van der Waals surface area contributed by atoms with E-state index < -0.39 is 0 Å². The summed E-state index contributed by atoms with van der Waals surface area (Å²) in [7, 11) is 1.65. The highest BCUT2D eigenvalue weighted by molar-refractivity contribution is 5.84. The number of aromatic amines is 1. The Kier molecular flexibility index (Phi) is 8.31. The van der Waals surface area contributed by atoms with Gasteiger partial charge in [0.05, 0.1) is 7.11 Å². The minimum atomic E-state index is -0.0318. The number of fused-ring (bicyclic) bond motifs is 1. The first-order valence-corrected chi connectivity index (χ1v) is 11.3. The molecule has 6 heteroatoms. The van der Waals surface area contributed by atoms with Crippen molar-refractivity contribution in [1.82, 2.24) is 15.2 Å². The number of hydrogen-bond acceptors (Lipinski definition) is 3. The Labute approximate surface area is 190 Å². The zero-order valence-corrected chi connectivity index (χ0v) is 19.2. The van der Waals surface area contributed by atoms with Crippen LogP contribution in [0.5, 0.6) is 5.75 Å². The molecule has 32 heavy (non-hydrogen) atoms. The van der Waals surface area contributed by atoms with E-state index in [1.807, 2.05) is 56.4 Å². The first kappa shape index (κ1) is 23.4. The number of carbonyl (C=O) groups excluding carboxylic acids is 2. The van der Waals surface area contributed by atoms with Gasteiger partial charge in [-0.05, 0) is 49.6 Å². The molecule has 0 aliphatic rings. The molecular formula is C26H33N3O3. The Morgan fingerprint density at radius 2 is 1.75 bits per heavy atom. The third kappa shape index (κ3) is 5.69. The standard InChI is InChI=1S/C26H33N3O3/c1-4-29(5-2)26(31)12-8-11-25(30)28-17-22(19-13-15-20(32-3)16-14-19)23-18-27-24-10-7-6-9-21(23)24/h6-7,9-10,13-16,18,22,27H,4-5,8,11-12,17H2,1-3H3,(H,28,30). The molecule has 0 bridgehead atoms. The molecule has 3 aromatic rings. The van der Waals surface area contributed by atoms with Gasteiger partial charge < -0.3 is 19.9 Å². The third-order valence-electron chi connectivity index (χ3n) is 5.93. The molecule has 0 saturated carbocycles. The average molecular weight is 436 g/mol. The van der Waals surface area contributed by atoms with Gasteiger partial charge in [-0.15, -0.1) is 0 Å². The van der Waals surface area contributed by atoms with Crippen LogP contribution in [0.15, 0.2) is 54.7 Å². The number of nitrogens with one attached hydrogen (secondary N) is 2. The van der Waals surface area contributed by atoms with E-state index in [9.17, 15) is 9.59 Å². The summed E-state index contributed by atoms with van der Waals surface area (Å²) in [4.78, 5) is 29.8. The fraction of sp³-hybridized carbons (Fsp3) is 0.385. The van der Waals surface area contributed by atoms with Crippen molar-refractivity contribution in [2.24, 2.45) is 0 Å². The van der Waals surface area contributed by atoms with Crippen LogP contribution in [0.1, 0.15) is 50.2 Å². The summed E-state index contributed by atoms with van der Waals surface area (Å²) >= 11 is 0. The van der Waals surface area contributed by atoms with E-state index in [1.165, 1.54) is 0 Å². The smallest absolute Gasteiger partial charge is 0.222 e. The molecule has 2 aromatic carbocycles. The quantitative estimate of drug-likeness (QED) is 0.467. The Bertz CT molecular complexity index is 1020. The predicted molar refractivity (Wildman–Crippen MR) is 128 cm³/mol. The highest BCUT2D eigenvalue weighted by atomic mass is 16.5. The summed E-state index contributed by atoms with van der Waals surface area (Å²) in [6.07, 6.45) is 3.33. The highest BCUT2D eigenvalue weighted by Gasteiger charge is 2.19. The van der Waals surface area contributed by atoms with Crippen LogP contribution in [0.4, 0.5) is 0 Å². The fourth-order valence-corrected chi connectivity index (χ4v) is 4.06. The van der Waals surface area contributed by atoms with Crippen LogP contribution >= 0.6 is 0 Å². The lowest BCUT2D eigenvalue weighted by Gasteiger charge is -2.19. The van der Waals surface area contributed by atoms with Crippen molar-refractivity contribution in [3.05, 3.63) is 65.9 Å². The van der Waals surface area contributed by atoms with E-state index in [0.29, 0.717) is 38.9 Å². The number of methoxy groups -OCH3 is 1. The number of hydrogen-bond donors (Lipinski definition) is 2. The van der Waals surface area contributed by atoms with E-state index in [-0.39, 0.29) is 17.7 Å². The molecule has 170 valence electrons. The molecule has 0 aliphatic heterocycles. The molecule has 1 atom stereocenters. The minimum Gasteiger partial charge on any atom is -0.497 e. The van der Waals surface area contributed by atoms with Gasteiger partial charge in [0, 0.05) is 55.5 Å². The van der Waals surface area contributed by atoms with E-state index in [2.05, 4.69) is 22.4 Å². The molecule has 1 aromatic heterocycles. The second-order valence-electron chi connectivity index (χ2n) is 7.84. The van der Waals surface area contributed by atoms with E-state index >= 15 is 0 Å². The van der Waals surface area contributed by atoms with Crippen LogP contribution in [-0.2, 0) is 9.59 Å². The Balaban J connectivity index is 1.68. The Hall–Kier alpha value is -3.28. The average Bonchev–Trinajstić information content (AvgIpc) is 3.24. The lowest BCUT2D eigenvalue weighted by atomic mass is 9.90. The van der Waals surface area contributed by atoms with Crippen molar-refractivity contribution in [1.29, 1.82) is 0 Å². The summed E-state index contributed by atoms with van der Waals surface area (Å²) in [5, 5.41) is 4.23. The van der Waals surface area contributed by atoms with Gasteiger partial charge in [0.25, 0.3) is 0 Å². The molecule has 0 radical (unpaired) electrons. The monoisotopic (exact) mass is 435 g/mol. The van der Waals surface area contributed by atoms with Crippen LogP contribution in [0.2, 0.25) is 0 Å². The van der Waals surface area contributed by atoms with Gasteiger partial charge in [0.2, 0.25) is 11.8 Å². The maximum absolute atomic E-state index is 12.5. The second kappa shape index (κ2) is 11.4. The molecule has 0 aliphatic carbocycles. The number of nitrogens with zero attached hydrogens (tertiary/aromatic N) is 1. The third-order valence-corrected chi connectivity index (χ3v) is 5.93. The van der Waals surface area contributed by atoms with Crippen LogP contribution in [0.25, 0.3) is 10.9 Å². The van der Waals surface area contributed by atoms with Crippen LogP contribution in [0.3, 0.4) is 0 Å². The molecule has 0 fully saturated rings. The van der Waals surface area contributed by atoms with Gasteiger partial charge in [-0.2, -0.15) is 0 Å². The van der Waals surface area contributed by atoms with Crippen molar-refractivity contribution in [3.63, 3.8) is 0 Å². The SMILES string of the molecule is CCN(CC)C(=O)CCCC(=O)NCC(c1ccc(OC)cc1)c1c[nH]c2ccccc12. The predicted octanol–water partition coefficient (Wildman–Crippen LogP) is 4.46. The van der Waals surface area contributed by atoms with Crippen molar-refractivity contribution in [2.45, 2.75) is 39.0 Å². The summed E-state index contributed by atoms with van der Waals surface area (Å²) in [5.41, 5.74) is 3.32. The fourth-order valence-electron chi connectivity index (χ4n) is 4.06. The maximum atomic E-state index is 12.5. The molecule has 2 amide bonds. The zero-order chi connectivity index (χ0) is 22.9. The van der Waals surface area contributed by atoms with E-state index in [1.54, 1.807) is 12.0 Å². The number of H-pyrrole nitrogens is 1. The lowest BCUT2D eigenvalue weighted by molar-refractivity contribution is -0.131. The number of para-hydroxylation sites is 1. The van der Waals surface area contributed by atoms with Crippen LogP contribution < -0.4 is 10.1 Å². The maximum Gasteiger partial charge on any atom is 0.222 e. The molecule has 0 spiro atoms. The largest absolute Gasteiger partial charge is 0.497 e. The summed E-state index contributed by atoms with van der Waals surface area (Å²) in [6, 6.07) is 16.1. The number of carbonyl (C=O) groups is 2. The zero-order valence-electron chi connectivity index (χ0n) is 19.2. The Morgan fingerprint density at radius 1 is 1.03 bits per heavy atom. The molecule has 1 heterocycles. The molecule has 1 unspecified atom stereocenters. The molecule has 3 rings (SSSR count). The number of rotatable bonds is 11. The van der Waals surface area contributed by atoms with E-state index in [4.69, 9.17) is 4.74 Å². The van der Waals surface area contributed by atoms with Crippen molar-refractivity contribution >= 4 is 22.7 Å². The van der Waals surface area contributed by atoms with Crippen molar-refractivity contribution in [2.75, 3.05) is 26.7 Å². The van der Waals surface area contributed by atoms with Gasteiger partial charge in [0.1, 0.15) is 5.75 Å². The van der Waals surface area contributed by atoms with Gasteiger partial charge in [0.15, 0.2) is 0 Å². The van der Waals surface area contributed by atoms with E-state index in [0.717, 1.165) is 27.8 Å². The number of benzene rings is 2. The first-order valence-electron chi connectivity index (χ1n) is 11.3. The lowest BCUT2D eigenvalue weighted by Crippen LogP contribution is -2.31. The first-order chi connectivity index (χ1) is 15.6. The summed E-state index contributed by atoms with van der Waals surface area (Å²) in [5.74, 6) is 0.875. The van der Waals surface area contributed by atoms with Gasteiger partial charge >= 0.3 is 0 Å². The molecular weight excluding hydrogens is 402 g/mol. The number of aromatic nitrogens is 1. The summed E-state index contributed by atoms with van der Waals surface area (Å²) < 4.78 is 5.30. The highest BCUT2D eigenvalue weighted by Crippen LogP contribution is 2.31. The molecule has 2 N–H and O–H groups in total. The van der Waals surface area contributed by atoms with Gasteiger partial charge in [-0.25, -0.2) is 0 Å². The Morgan fingerprint density at radius 3 is 2.44 bits per heavy atom. The van der Waals surface area contributed by atoms with Crippen molar-refractivity contribution < 1.29 is 14.3 Å². The van der Waals surface area contributed by atoms with Crippen LogP contribution in [-0.4, -0.2) is 48.4 Å². The van der Waals surface area contributed by atoms with Crippen LogP contribution in [0, 0.1) is 0 Å². The van der Waals surface area contributed by atoms with Gasteiger partial charge in [-0.1, -0.05) is 30.3 Å². The number of amides is 2. The van der Waals surface area contributed by atoms with Gasteiger partial charge in [-0.3, -0.25) is 9.59 Å². The normalized spacial score (nSPS) is 11.8. The topological polar surface area (TPSA) is 74.4 Å². The molecule has 0 saturated heterocycles.